The first-order valence-electron chi connectivity index (χ1n) is 10.3. The first kappa shape index (κ1) is 26.7. The Morgan fingerprint density at radius 2 is 1.39 bits per heavy atom. The number of aromatic nitrogens is 3. The molecule has 4 aromatic rings. The number of nitrogens with one attached hydrogen (secondary N) is 1. The third kappa shape index (κ3) is 4.22. The average molecular weight is 787 g/mol. The van der Waals surface area contributed by atoms with Gasteiger partial charge in [0.05, 0.1) is 21.7 Å². The van der Waals surface area contributed by atoms with Crippen molar-refractivity contribution in [2.75, 3.05) is 4.90 Å². The Labute approximate surface area is 251 Å². The Bertz CT molecular complexity index is 1720. The van der Waals surface area contributed by atoms with Crippen molar-refractivity contribution in [2.24, 2.45) is 0 Å². The second-order valence-corrected chi connectivity index (χ2v) is 11.4. The number of H-pyrrole nitrogens is 1. The van der Waals surface area contributed by atoms with Gasteiger partial charge in [-0.25, -0.2) is 9.47 Å². The zero-order valence-electron chi connectivity index (χ0n) is 18.4. The quantitative estimate of drug-likeness (QED) is 0.0586. The molecule has 2 amide bonds. The molecule has 0 spiro atoms. The number of non-ortho nitro benzene ring substituents is 1. The van der Waals surface area contributed by atoms with Crippen LogP contribution in [0.4, 0.5) is 11.4 Å². The highest BCUT2D eigenvalue weighted by atomic mass is 79.9. The van der Waals surface area contributed by atoms with Crippen molar-refractivity contribution < 1.29 is 19.3 Å². The summed E-state index contributed by atoms with van der Waals surface area (Å²) in [5, 5.41) is 17.6. The average Bonchev–Trinajstić information content (AvgIpc) is 3.42. The van der Waals surface area contributed by atoms with Gasteiger partial charge < -0.3 is 0 Å². The molecule has 15 heteroatoms. The molecule has 38 heavy (non-hydrogen) atoms. The van der Waals surface area contributed by atoms with Crippen LogP contribution in [0.15, 0.2) is 66.4 Å². The first-order chi connectivity index (χ1) is 18.0. The van der Waals surface area contributed by atoms with Gasteiger partial charge in [-0.3, -0.25) is 29.6 Å². The molecule has 1 aromatic heterocycles. The second kappa shape index (κ2) is 10.0. The van der Waals surface area contributed by atoms with Crippen LogP contribution in [-0.4, -0.2) is 37.4 Å². The van der Waals surface area contributed by atoms with E-state index >= 15 is 0 Å². The number of imide groups is 1. The van der Waals surface area contributed by atoms with Crippen molar-refractivity contribution in [3.63, 3.8) is 0 Å². The fourth-order valence-electron chi connectivity index (χ4n) is 3.88. The van der Waals surface area contributed by atoms with Crippen molar-refractivity contribution in [1.82, 2.24) is 14.8 Å². The number of benzene rings is 3. The number of amides is 2. The summed E-state index contributed by atoms with van der Waals surface area (Å²) < 4.78 is 3.21. The molecule has 0 aliphatic carbocycles. The highest BCUT2D eigenvalue weighted by Gasteiger charge is 2.41. The fourth-order valence-corrected chi connectivity index (χ4v) is 6.55. The van der Waals surface area contributed by atoms with E-state index in [4.69, 9.17) is 12.2 Å². The maximum absolute atomic E-state index is 13.4. The maximum Gasteiger partial charge on any atom is 0.269 e. The number of rotatable bonds is 4. The lowest BCUT2D eigenvalue weighted by Crippen LogP contribution is -2.29. The highest BCUT2D eigenvalue weighted by Crippen LogP contribution is 2.46. The van der Waals surface area contributed by atoms with Gasteiger partial charge in [0.1, 0.15) is 0 Å². The minimum absolute atomic E-state index is 0.0265. The van der Waals surface area contributed by atoms with E-state index in [0.29, 0.717) is 23.5 Å². The molecule has 1 aliphatic rings. The number of carbonyl (C=O) groups excluding carboxylic acids is 3. The van der Waals surface area contributed by atoms with E-state index < -0.39 is 22.6 Å². The van der Waals surface area contributed by atoms with Crippen molar-refractivity contribution in [3.05, 3.63) is 98.0 Å². The predicted octanol–water partition coefficient (Wildman–Crippen LogP) is 7.05. The van der Waals surface area contributed by atoms with Crippen molar-refractivity contribution in [3.8, 4) is 11.4 Å². The van der Waals surface area contributed by atoms with Gasteiger partial charge >= 0.3 is 0 Å². The van der Waals surface area contributed by atoms with E-state index in [1.807, 2.05) is 0 Å². The van der Waals surface area contributed by atoms with Gasteiger partial charge in [0.15, 0.2) is 5.82 Å². The molecule has 10 nitrogen and oxygen atoms in total. The summed E-state index contributed by atoms with van der Waals surface area (Å²) >= 11 is 18.8. The Morgan fingerprint density at radius 1 is 0.868 bits per heavy atom. The Hall–Kier alpha value is -2.85. The van der Waals surface area contributed by atoms with E-state index in [1.165, 1.54) is 48.5 Å². The number of fused-ring (bicyclic) bond motifs is 1. The van der Waals surface area contributed by atoms with Gasteiger partial charge in [0, 0.05) is 41.2 Å². The number of aromatic amines is 1. The fraction of sp³-hybridized carbons (Fsp3) is 0. The number of hydrogen-bond acceptors (Lipinski definition) is 7. The molecular weight excluding hydrogens is 778 g/mol. The second-order valence-electron chi connectivity index (χ2n) is 7.80. The van der Waals surface area contributed by atoms with E-state index in [2.05, 4.69) is 73.9 Å². The summed E-state index contributed by atoms with van der Waals surface area (Å²) in [4.78, 5) is 51.3. The molecule has 2 heterocycles. The largest absolute Gasteiger partial charge is 0.269 e. The predicted molar refractivity (Wildman–Crippen MR) is 154 cm³/mol. The number of halogens is 4. The Kier molecular flexibility index (Phi) is 7.06. The van der Waals surface area contributed by atoms with Crippen LogP contribution in [0.1, 0.15) is 31.1 Å². The number of nitro benzene ring substituents is 1. The van der Waals surface area contributed by atoms with Gasteiger partial charge in [-0.1, -0.05) is 0 Å². The van der Waals surface area contributed by atoms with Crippen LogP contribution in [0, 0.1) is 14.9 Å². The monoisotopic (exact) mass is 783 g/mol. The molecule has 0 saturated carbocycles. The van der Waals surface area contributed by atoms with Crippen molar-refractivity contribution in [2.45, 2.75) is 0 Å². The third-order valence-corrected chi connectivity index (χ3v) is 10.7. The van der Waals surface area contributed by atoms with E-state index in [0.717, 1.165) is 9.47 Å². The first-order valence-corrected chi connectivity index (χ1v) is 13.9. The summed E-state index contributed by atoms with van der Waals surface area (Å²) in [5.74, 6) is -1.40. The zero-order chi connectivity index (χ0) is 27.5. The molecule has 0 bridgehead atoms. The van der Waals surface area contributed by atoms with Crippen LogP contribution in [-0.2, 0) is 0 Å². The molecule has 1 aliphatic heterocycles. The van der Waals surface area contributed by atoms with Crippen LogP contribution in [0.5, 0.6) is 0 Å². The number of anilines is 1. The van der Waals surface area contributed by atoms with Crippen molar-refractivity contribution >= 4 is 105 Å². The molecule has 190 valence electrons. The maximum atomic E-state index is 13.4. The molecule has 0 unspecified atom stereocenters. The topological polar surface area (TPSA) is 131 Å². The lowest BCUT2D eigenvalue weighted by atomic mass is 10.1. The Balaban J connectivity index is 1.48. The van der Waals surface area contributed by atoms with Gasteiger partial charge in [-0.2, -0.15) is 5.10 Å². The van der Waals surface area contributed by atoms with Crippen molar-refractivity contribution in [1.29, 1.82) is 0 Å². The summed E-state index contributed by atoms with van der Waals surface area (Å²) in [5.41, 5.74) is 1.21. The Morgan fingerprint density at radius 3 is 1.89 bits per heavy atom. The molecule has 0 saturated heterocycles. The number of hydrogen-bond donors (Lipinski definition) is 1. The van der Waals surface area contributed by atoms with Crippen LogP contribution < -0.4 is 4.90 Å². The van der Waals surface area contributed by atoms with Crippen LogP contribution >= 0.6 is 75.9 Å². The summed E-state index contributed by atoms with van der Waals surface area (Å²) in [7, 11) is 0. The summed E-state index contributed by atoms with van der Waals surface area (Å²) in [6.45, 7) is 0. The molecule has 0 atom stereocenters. The normalized spacial score (nSPS) is 12.7. The SMILES string of the molecule is O=C1c2c(Br)c(Br)c(Br)c(Br)c2C(=O)N1c1ccc(C(=O)n2c(-c3ccc([N+](=O)[O-])cc3)n[nH]c2=S)cc1. The van der Waals surface area contributed by atoms with Gasteiger partial charge in [0.25, 0.3) is 23.4 Å². The lowest BCUT2D eigenvalue weighted by molar-refractivity contribution is -0.384. The molecular formula is C23H9Br4N5O5S. The third-order valence-electron chi connectivity index (χ3n) is 5.69. The molecule has 5 rings (SSSR count). The highest BCUT2D eigenvalue weighted by molar-refractivity contribution is 9.15. The van der Waals surface area contributed by atoms with Crippen LogP contribution in [0.25, 0.3) is 11.4 Å². The molecule has 0 radical (unpaired) electrons. The number of carbonyl (C=O) groups is 3. The molecule has 0 fully saturated rings. The van der Waals surface area contributed by atoms with E-state index in [1.54, 1.807) is 0 Å². The van der Waals surface area contributed by atoms with Gasteiger partial charge in [-0.15, -0.1) is 0 Å². The number of nitrogens with zero attached hydrogens (tertiary/aromatic N) is 4. The van der Waals surface area contributed by atoms with Gasteiger partial charge in [0.2, 0.25) is 4.77 Å². The van der Waals surface area contributed by atoms with E-state index in [9.17, 15) is 24.5 Å². The van der Waals surface area contributed by atoms with Gasteiger partial charge in [-0.05, 0) is 112 Å². The van der Waals surface area contributed by atoms with E-state index in [-0.39, 0.29) is 38.7 Å². The minimum atomic E-state index is -0.531. The zero-order valence-corrected chi connectivity index (χ0v) is 25.5. The summed E-state index contributed by atoms with van der Waals surface area (Å²) in [6.07, 6.45) is 0. The lowest BCUT2D eigenvalue weighted by Gasteiger charge is -2.14. The minimum Gasteiger partial charge on any atom is -0.268 e. The van der Waals surface area contributed by atoms with Crippen LogP contribution in [0.2, 0.25) is 0 Å². The molecule has 3 aromatic carbocycles. The standard InChI is InChI=1S/C23H9Br4N5O5S/c24-15-13-14(16(25)18(27)17(15)26)22(35)30(21(13)34)11-5-3-10(4-6-11)20(33)31-19(28-29-23(31)38)9-1-7-12(8-2-9)32(36)37/h1-8H,(H,29,38). The number of nitro groups is 1. The molecule has 1 N–H and O–H groups in total. The van der Waals surface area contributed by atoms with Crippen LogP contribution in [0.3, 0.4) is 0 Å². The summed E-state index contributed by atoms with van der Waals surface area (Å²) in [6, 6.07) is 11.4. The smallest absolute Gasteiger partial charge is 0.268 e.